The van der Waals surface area contributed by atoms with E-state index in [0.717, 1.165) is 0 Å². The van der Waals surface area contributed by atoms with Crippen molar-refractivity contribution in [2.24, 2.45) is 0 Å². The molecule has 0 saturated heterocycles. The first-order valence-corrected chi connectivity index (χ1v) is 17.1. The molecule has 1 aliphatic heterocycles. The zero-order valence-electron chi connectivity index (χ0n) is 27.4. The molecule has 2 atom stereocenters. The first-order chi connectivity index (χ1) is 25.3. The summed E-state index contributed by atoms with van der Waals surface area (Å²) in [6.45, 7) is -2.22. The zero-order chi connectivity index (χ0) is 36.9. The maximum atomic E-state index is 14.4. The highest BCUT2D eigenvalue weighted by Crippen LogP contribution is 2.53. The third-order valence-electron chi connectivity index (χ3n) is 7.75. The number of phosphoric acid groups is 1. The second-order valence-corrected chi connectivity index (χ2v) is 12.6. The standard InChI is InChI=1S/C38H29N4O9P/c39-17-26-9-1-5-13-30(26)22-46-36-35(50-38(44)37(36)47-23-31-14-6-2-10-27(31)18-40)34(21-43)51-52(45,48-24-32-15-7-3-11-28(32)19-41)49-25-33-16-8-4-12-29(33)20-42/h1-16,34-35,43H,21-25H2. The van der Waals surface area contributed by atoms with Crippen LogP contribution in [-0.4, -0.2) is 29.9 Å². The van der Waals surface area contributed by atoms with Gasteiger partial charge in [-0.3, -0.25) is 13.6 Å². The lowest BCUT2D eigenvalue weighted by molar-refractivity contribution is -0.148. The molecule has 2 unspecified atom stereocenters. The van der Waals surface area contributed by atoms with Crippen molar-refractivity contribution >= 4 is 13.8 Å². The molecule has 0 radical (unpaired) electrons. The van der Waals surface area contributed by atoms with E-state index in [0.29, 0.717) is 33.4 Å². The molecule has 0 amide bonds. The summed E-state index contributed by atoms with van der Waals surface area (Å²) in [4.78, 5) is 13.3. The third kappa shape index (κ3) is 8.89. The fourth-order valence-corrected chi connectivity index (χ4v) is 6.35. The first kappa shape index (κ1) is 37.0. The maximum absolute atomic E-state index is 14.4. The maximum Gasteiger partial charge on any atom is 0.475 e. The highest BCUT2D eigenvalue weighted by atomic mass is 31.2. The van der Waals surface area contributed by atoms with Crippen molar-refractivity contribution in [2.75, 3.05) is 6.61 Å². The van der Waals surface area contributed by atoms with E-state index in [9.17, 15) is 35.5 Å². The molecule has 0 bridgehead atoms. The van der Waals surface area contributed by atoms with E-state index >= 15 is 0 Å². The number of benzene rings is 4. The van der Waals surface area contributed by atoms with Crippen LogP contribution < -0.4 is 0 Å². The van der Waals surface area contributed by atoms with Crippen LogP contribution in [0.15, 0.2) is 109 Å². The number of rotatable bonds is 16. The molecule has 1 aliphatic rings. The average Bonchev–Trinajstić information content (AvgIpc) is 3.51. The van der Waals surface area contributed by atoms with Crippen molar-refractivity contribution in [3.8, 4) is 24.3 Å². The fourth-order valence-electron chi connectivity index (χ4n) is 5.05. The van der Waals surface area contributed by atoms with Gasteiger partial charge in [0, 0.05) is 11.1 Å². The van der Waals surface area contributed by atoms with Crippen molar-refractivity contribution in [3.05, 3.63) is 153 Å². The van der Waals surface area contributed by atoms with E-state index in [-0.39, 0.29) is 30.1 Å². The number of carbonyl (C=O) groups excluding carboxylic acids is 1. The van der Waals surface area contributed by atoms with Gasteiger partial charge < -0.3 is 19.3 Å². The minimum Gasteiger partial charge on any atom is -0.485 e. The van der Waals surface area contributed by atoms with Crippen LogP contribution in [0.4, 0.5) is 0 Å². The molecular formula is C38H29N4O9P. The van der Waals surface area contributed by atoms with Crippen molar-refractivity contribution in [1.29, 1.82) is 21.0 Å². The van der Waals surface area contributed by atoms with Crippen LogP contribution in [0.25, 0.3) is 0 Å². The van der Waals surface area contributed by atoms with Crippen LogP contribution in [0.1, 0.15) is 44.5 Å². The van der Waals surface area contributed by atoms with Gasteiger partial charge in [-0.2, -0.15) is 21.0 Å². The summed E-state index contributed by atoms with van der Waals surface area (Å²) in [7, 11) is -4.73. The topological polar surface area (TPSA) is 205 Å². The summed E-state index contributed by atoms with van der Waals surface area (Å²) in [5.74, 6) is -1.66. The molecule has 4 aromatic carbocycles. The van der Waals surface area contributed by atoms with Crippen LogP contribution in [0.5, 0.6) is 0 Å². The molecule has 52 heavy (non-hydrogen) atoms. The van der Waals surface area contributed by atoms with Crippen molar-refractivity contribution in [2.45, 2.75) is 38.6 Å². The number of hydrogen-bond acceptors (Lipinski definition) is 13. The number of aliphatic hydroxyl groups is 1. The Kier molecular flexibility index (Phi) is 12.5. The van der Waals surface area contributed by atoms with Gasteiger partial charge >= 0.3 is 13.8 Å². The SMILES string of the molecule is N#Cc1ccccc1COC1=C(OCc2ccccc2C#N)C(C(CO)OP(=O)(OCc2ccccc2C#N)OCc2ccccc2C#N)OC1=O. The summed E-state index contributed by atoms with van der Waals surface area (Å²) >= 11 is 0. The number of esters is 1. The van der Waals surface area contributed by atoms with Gasteiger partial charge in [0.05, 0.1) is 66.4 Å². The van der Waals surface area contributed by atoms with Crippen LogP contribution in [0, 0.1) is 45.3 Å². The molecule has 0 saturated carbocycles. The lowest BCUT2D eigenvalue weighted by atomic mass is 10.1. The van der Waals surface area contributed by atoms with Crippen LogP contribution in [0.2, 0.25) is 0 Å². The Labute approximate surface area is 299 Å². The van der Waals surface area contributed by atoms with Gasteiger partial charge in [-0.15, -0.1) is 0 Å². The minimum absolute atomic E-state index is 0.239. The molecule has 13 nitrogen and oxygen atoms in total. The van der Waals surface area contributed by atoms with Crippen LogP contribution >= 0.6 is 7.82 Å². The summed E-state index contributed by atoms with van der Waals surface area (Å²) in [5.41, 5.74) is 2.71. The molecule has 0 aromatic heterocycles. The normalized spacial score (nSPS) is 14.3. The van der Waals surface area contributed by atoms with Crippen LogP contribution in [-0.2, 0) is 63.6 Å². The monoisotopic (exact) mass is 716 g/mol. The van der Waals surface area contributed by atoms with Crippen molar-refractivity contribution in [3.63, 3.8) is 0 Å². The Morgan fingerprint density at radius 1 is 0.635 bits per heavy atom. The van der Waals surface area contributed by atoms with E-state index in [1.807, 2.05) is 12.1 Å². The lowest BCUT2D eigenvalue weighted by Gasteiger charge is -2.27. The summed E-state index contributed by atoms with van der Waals surface area (Å²) in [5, 5.41) is 48.8. The third-order valence-corrected chi connectivity index (χ3v) is 9.17. The van der Waals surface area contributed by atoms with Gasteiger partial charge in [0.25, 0.3) is 0 Å². The molecule has 260 valence electrons. The molecule has 0 fully saturated rings. The van der Waals surface area contributed by atoms with Gasteiger partial charge in [-0.05, 0) is 35.4 Å². The fraction of sp³-hybridized carbons (Fsp3) is 0.184. The lowest BCUT2D eigenvalue weighted by Crippen LogP contribution is -2.35. The van der Waals surface area contributed by atoms with E-state index in [1.165, 1.54) is 0 Å². The number of nitriles is 4. The quantitative estimate of drug-likeness (QED) is 0.105. The Bertz CT molecular complexity index is 2130. The molecule has 0 aliphatic carbocycles. The Hall–Kier alpha value is -6.28. The number of cyclic esters (lactones) is 1. The predicted octanol–water partition coefficient (Wildman–Crippen LogP) is 5.96. The summed E-state index contributed by atoms with van der Waals surface area (Å²) in [6, 6.07) is 34.2. The van der Waals surface area contributed by atoms with Gasteiger partial charge in [0.15, 0.2) is 11.9 Å². The number of phosphoric ester groups is 1. The molecule has 4 aromatic rings. The largest absolute Gasteiger partial charge is 0.485 e. The number of ether oxygens (including phenoxy) is 3. The molecule has 14 heteroatoms. The summed E-state index contributed by atoms with van der Waals surface area (Å²) in [6.07, 6.45) is -3.20. The molecule has 0 spiro atoms. The summed E-state index contributed by atoms with van der Waals surface area (Å²) < 4.78 is 49.1. The molecular weight excluding hydrogens is 687 g/mol. The second kappa shape index (κ2) is 17.6. The van der Waals surface area contributed by atoms with E-state index in [1.54, 1.807) is 97.1 Å². The zero-order valence-corrected chi connectivity index (χ0v) is 28.3. The van der Waals surface area contributed by atoms with Gasteiger partial charge in [-0.1, -0.05) is 72.8 Å². The Morgan fingerprint density at radius 3 is 1.42 bits per heavy atom. The first-order valence-electron chi connectivity index (χ1n) is 15.6. The highest BCUT2D eigenvalue weighted by Gasteiger charge is 2.46. The van der Waals surface area contributed by atoms with E-state index in [2.05, 4.69) is 12.1 Å². The number of nitrogens with zero attached hydrogens (tertiary/aromatic N) is 4. The molecule has 5 rings (SSSR count). The minimum atomic E-state index is -4.73. The second-order valence-electron chi connectivity index (χ2n) is 11.0. The number of carbonyl (C=O) groups is 1. The van der Waals surface area contributed by atoms with Crippen molar-refractivity contribution in [1.82, 2.24) is 0 Å². The molecule has 1 N–H and O–H groups in total. The molecule has 1 heterocycles. The number of aliphatic hydroxyl groups excluding tert-OH is 1. The number of hydrogen-bond donors (Lipinski definition) is 1. The van der Waals surface area contributed by atoms with Gasteiger partial charge in [0.2, 0.25) is 5.76 Å². The smallest absolute Gasteiger partial charge is 0.475 e. The Balaban J connectivity index is 1.48. The van der Waals surface area contributed by atoms with Crippen LogP contribution in [0.3, 0.4) is 0 Å². The van der Waals surface area contributed by atoms with Gasteiger partial charge in [0.1, 0.15) is 19.3 Å². The Morgan fingerprint density at radius 2 is 1.02 bits per heavy atom. The van der Waals surface area contributed by atoms with E-state index < -0.39 is 51.6 Å². The van der Waals surface area contributed by atoms with E-state index in [4.69, 9.17) is 27.8 Å². The predicted molar refractivity (Wildman–Crippen MR) is 180 cm³/mol. The van der Waals surface area contributed by atoms with Crippen molar-refractivity contribution < 1.29 is 42.2 Å². The highest BCUT2D eigenvalue weighted by molar-refractivity contribution is 7.48. The average molecular weight is 717 g/mol. The van der Waals surface area contributed by atoms with Gasteiger partial charge in [-0.25, -0.2) is 9.36 Å².